The molecule has 0 aliphatic heterocycles. The lowest BCUT2D eigenvalue weighted by Crippen LogP contribution is -3.12. The van der Waals surface area contributed by atoms with E-state index in [1.807, 2.05) is 45.2 Å². The fraction of sp³-hybridized carbons (Fsp3) is 0.381. The van der Waals surface area contributed by atoms with Gasteiger partial charge in [-0.05, 0) is 62.2 Å². The highest BCUT2D eigenvalue weighted by molar-refractivity contribution is 5.79. The van der Waals surface area contributed by atoms with Crippen molar-refractivity contribution in [2.75, 3.05) is 20.2 Å². The minimum Gasteiger partial charge on any atom is -0.494 e. The summed E-state index contributed by atoms with van der Waals surface area (Å²) in [5.74, 6) is 0.641. The number of carbonyl (C=O) groups is 1. The molecular weight excluding hydrogens is 331 g/mol. The molecule has 0 aliphatic rings. The van der Waals surface area contributed by atoms with Gasteiger partial charge in [0.15, 0.2) is 6.04 Å². The van der Waals surface area contributed by atoms with Crippen LogP contribution in [-0.2, 0) is 17.8 Å². The van der Waals surface area contributed by atoms with Crippen molar-refractivity contribution >= 4 is 5.91 Å². The molecule has 0 spiro atoms. The Kier molecular flexibility index (Phi) is 7.60. The topological polar surface area (TPSA) is 42.8 Å². The van der Waals surface area contributed by atoms with Crippen LogP contribution in [0.5, 0.6) is 5.75 Å². The first kappa shape index (κ1) is 19.9. The molecule has 140 valence electrons. The van der Waals surface area contributed by atoms with Crippen molar-refractivity contribution in [3.05, 3.63) is 65.5 Å². The van der Waals surface area contributed by atoms with Crippen LogP contribution in [0.15, 0.2) is 48.5 Å². The van der Waals surface area contributed by atoms with Crippen LogP contribution in [0.3, 0.4) is 0 Å². The molecule has 26 heavy (non-hydrogen) atoms. The number of quaternary nitrogens is 1. The van der Waals surface area contributed by atoms with E-state index in [0.717, 1.165) is 28.3 Å². The maximum Gasteiger partial charge on any atom is 0.278 e. The van der Waals surface area contributed by atoms with Gasteiger partial charge in [-0.15, -0.1) is 0 Å². The summed E-state index contributed by atoms with van der Waals surface area (Å²) in [6.45, 7) is 5.85. The summed E-state index contributed by atoms with van der Waals surface area (Å²) < 4.78 is 18.3. The summed E-state index contributed by atoms with van der Waals surface area (Å²) in [6, 6.07) is 14.2. The summed E-state index contributed by atoms with van der Waals surface area (Å²) in [5, 5.41) is 2.96. The number of amides is 1. The van der Waals surface area contributed by atoms with Gasteiger partial charge in [-0.25, -0.2) is 4.39 Å². The van der Waals surface area contributed by atoms with Gasteiger partial charge >= 0.3 is 0 Å². The lowest BCUT2D eigenvalue weighted by atomic mass is 10.1. The molecule has 2 aromatic rings. The Morgan fingerprint density at radius 3 is 2.35 bits per heavy atom. The van der Waals surface area contributed by atoms with Crippen molar-refractivity contribution in [1.29, 1.82) is 0 Å². The van der Waals surface area contributed by atoms with E-state index in [2.05, 4.69) is 5.32 Å². The van der Waals surface area contributed by atoms with Crippen LogP contribution in [0.2, 0.25) is 0 Å². The maximum atomic E-state index is 12.9. The molecule has 0 fully saturated rings. The highest BCUT2D eigenvalue weighted by Gasteiger charge is 2.21. The predicted octanol–water partition coefficient (Wildman–Crippen LogP) is 1.99. The van der Waals surface area contributed by atoms with E-state index in [9.17, 15) is 9.18 Å². The molecule has 0 saturated heterocycles. The number of carbonyl (C=O) groups excluding carboxylic acids is 1. The monoisotopic (exact) mass is 359 g/mol. The van der Waals surface area contributed by atoms with Crippen molar-refractivity contribution in [2.45, 2.75) is 32.9 Å². The molecule has 0 bridgehead atoms. The van der Waals surface area contributed by atoms with Crippen molar-refractivity contribution in [3.8, 4) is 5.75 Å². The average molecular weight is 359 g/mol. The van der Waals surface area contributed by atoms with Crippen LogP contribution in [0.25, 0.3) is 0 Å². The summed E-state index contributed by atoms with van der Waals surface area (Å²) in [6.07, 6.45) is 0.691. The van der Waals surface area contributed by atoms with Gasteiger partial charge in [0.05, 0.1) is 13.7 Å². The Balaban J connectivity index is 1.77. The molecular formula is C21H28FN2O2+. The van der Waals surface area contributed by atoms with Crippen LogP contribution in [0.1, 0.15) is 25.0 Å². The van der Waals surface area contributed by atoms with E-state index in [0.29, 0.717) is 19.6 Å². The third-order valence-corrected chi connectivity index (χ3v) is 4.48. The third-order valence-electron chi connectivity index (χ3n) is 4.48. The number of hydrogen-bond donors (Lipinski definition) is 2. The van der Waals surface area contributed by atoms with Crippen molar-refractivity contribution in [2.24, 2.45) is 0 Å². The second kappa shape index (κ2) is 9.92. The van der Waals surface area contributed by atoms with Gasteiger partial charge in [0, 0.05) is 12.1 Å². The Morgan fingerprint density at radius 2 is 1.73 bits per heavy atom. The molecule has 0 heterocycles. The summed E-state index contributed by atoms with van der Waals surface area (Å²) in [5.41, 5.74) is 2.17. The Labute approximate surface area is 155 Å². The van der Waals surface area contributed by atoms with E-state index in [1.165, 1.54) is 12.1 Å². The summed E-state index contributed by atoms with van der Waals surface area (Å²) in [7, 11) is 2.01. The molecule has 4 nitrogen and oxygen atoms in total. The number of benzene rings is 2. The van der Waals surface area contributed by atoms with E-state index in [4.69, 9.17) is 4.74 Å². The molecule has 2 N–H and O–H groups in total. The fourth-order valence-electron chi connectivity index (χ4n) is 2.70. The molecule has 0 radical (unpaired) electrons. The average Bonchev–Trinajstić information content (AvgIpc) is 2.64. The molecule has 2 atom stereocenters. The van der Waals surface area contributed by atoms with Gasteiger partial charge in [-0.2, -0.15) is 0 Å². The molecule has 1 unspecified atom stereocenters. The minimum absolute atomic E-state index is 0.0237. The van der Waals surface area contributed by atoms with Gasteiger partial charge in [0.1, 0.15) is 18.1 Å². The highest BCUT2D eigenvalue weighted by Crippen LogP contribution is 2.11. The molecule has 0 aliphatic carbocycles. The molecule has 0 saturated carbocycles. The van der Waals surface area contributed by atoms with Gasteiger partial charge < -0.3 is 15.0 Å². The lowest BCUT2D eigenvalue weighted by molar-refractivity contribution is -0.908. The first-order valence-electron chi connectivity index (χ1n) is 9.05. The Hall–Kier alpha value is -2.40. The Bertz CT molecular complexity index is 686. The smallest absolute Gasteiger partial charge is 0.278 e. The van der Waals surface area contributed by atoms with E-state index >= 15 is 0 Å². The normalized spacial score (nSPS) is 13.1. The fourth-order valence-corrected chi connectivity index (χ4v) is 2.70. The van der Waals surface area contributed by atoms with Gasteiger partial charge in [0.25, 0.3) is 5.91 Å². The molecule has 1 amide bonds. The first-order valence-corrected chi connectivity index (χ1v) is 9.05. The zero-order valence-corrected chi connectivity index (χ0v) is 15.7. The second-order valence-corrected chi connectivity index (χ2v) is 6.49. The number of rotatable bonds is 9. The second-order valence-electron chi connectivity index (χ2n) is 6.49. The van der Waals surface area contributed by atoms with Gasteiger partial charge in [-0.1, -0.05) is 12.1 Å². The number of halogens is 1. The van der Waals surface area contributed by atoms with Crippen molar-refractivity contribution < 1.29 is 18.8 Å². The Morgan fingerprint density at radius 1 is 1.12 bits per heavy atom. The van der Waals surface area contributed by atoms with Gasteiger partial charge in [-0.3, -0.25) is 4.79 Å². The number of ether oxygens (including phenoxy) is 1. The van der Waals surface area contributed by atoms with Crippen molar-refractivity contribution in [3.63, 3.8) is 0 Å². The maximum absolute atomic E-state index is 12.9. The highest BCUT2D eigenvalue weighted by atomic mass is 19.1. The van der Waals surface area contributed by atoms with Gasteiger partial charge in [0.2, 0.25) is 0 Å². The van der Waals surface area contributed by atoms with E-state index in [1.54, 1.807) is 12.1 Å². The summed E-state index contributed by atoms with van der Waals surface area (Å²) >= 11 is 0. The standard InChI is InChI=1S/C21H27FN2O2/c1-4-26-20-11-7-18(8-12-20)15-24(3)16(2)21(25)23-14-13-17-5-9-19(22)10-6-17/h5-12,16H,4,13-15H2,1-3H3,(H,23,25)/p+1/t16-/m1/s1. The SMILES string of the molecule is CCOc1ccc(C[NH+](C)[C@H](C)C(=O)NCCc2ccc(F)cc2)cc1. The first-order chi connectivity index (χ1) is 12.5. The molecule has 0 aromatic heterocycles. The third kappa shape index (κ3) is 6.15. The van der Waals surface area contributed by atoms with Crippen LogP contribution < -0.4 is 15.0 Å². The quantitative estimate of drug-likeness (QED) is 0.719. The lowest BCUT2D eigenvalue weighted by Gasteiger charge is -2.21. The number of hydrogen-bond acceptors (Lipinski definition) is 2. The zero-order chi connectivity index (χ0) is 18.9. The van der Waals surface area contributed by atoms with Crippen LogP contribution in [0, 0.1) is 5.82 Å². The number of nitrogens with one attached hydrogen (secondary N) is 2. The van der Waals surface area contributed by atoms with E-state index < -0.39 is 0 Å². The number of likely N-dealkylation sites (N-methyl/N-ethyl adjacent to an activating group) is 1. The predicted molar refractivity (Wildman–Crippen MR) is 101 cm³/mol. The summed E-state index contributed by atoms with van der Waals surface area (Å²) in [4.78, 5) is 13.5. The largest absolute Gasteiger partial charge is 0.494 e. The van der Waals surface area contributed by atoms with Crippen LogP contribution >= 0.6 is 0 Å². The zero-order valence-electron chi connectivity index (χ0n) is 15.7. The minimum atomic E-state index is -0.245. The molecule has 2 rings (SSSR count). The molecule has 5 heteroatoms. The van der Waals surface area contributed by atoms with E-state index in [-0.39, 0.29) is 17.8 Å². The van der Waals surface area contributed by atoms with Crippen molar-refractivity contribution in [1.82, 2.24) is 5.32 Å². The molecule has 2 aromatic carbocycles. The van der Waals surface area contributed by atoms with Crippen LogP contribution in [-0.4, -0.2) is 32.1 Å². The van der Waals surface area contributed by atoms with Crippen LogP contribution in [0.4, 0.5) is 4.39 Å².